The first-order valence-electron chi connectivity index (χ1n) is 10.7. The summed E-state index contributed by atoms with van der Waals surface area (Å²) in [4.78, 5) is 40.2. The third-order valence-corrected chi connectivity index (χ3v) is 4.91. The number of nitrogens with zero attached hydrogens (tertiary/aromatic N) is 3. The lowest BCUT2D eigenvalue weighted by Crippen LogP contribution is -2.50. The number of hydrogen-bond donors (Lipinski definition) is 1. The number of benzene rings is 1. The van der Waals surface area contributed by atoms with Crippen molar-refractivity contribution in [2.24, 2.45) is 0 Å². The summed E-state index contributed by atoms with van der Waals surface area (Å²) in [5, 5.41) is 6.05. The summed E-state index contributed by atoms with van der Waals surface area (Å²) in [6.07, 6.45) is 0. The van der Waals surface area contributed by atoms with Crippen LogP contribution >= 0.6 is 0 Å². The van der Waals surface area contributed by atoms with Gasteiger partial charge in [-0.05, 0) is 39.0 Å². The fourth-order valence-corrected chi connectivity index (χ4v) is 3.43. The summed E-state index contributed by atoms with van der Waals surface area (Å²) in [5.74, 6) is 0.940. The van der Waals surface area contributed by atoms with Crippen LogP contribution in [0.15, 0.2) is 29.1 Å². The molecule has 1 aliphatic rings. The summed E-state index contributed by atoms with van der Waals surface area (Å²) < 4.78 is 17.1. The molecule has 32 heavy (non-hydrogen) atoms. The van der Waals surface area contributed by atoms with Gasteiger partial charge < -0.3 is 24.0 Å². The van der Waals surface area contributed by atoms with Gasteiger partial charge >= 0.3 is 0 Å². The van der Waals surface area contributed by atoms with E-state index in [4.69, 9.17) is 14.2 Å². The number of aromatic amines is 1. The van der Waals surface area contributed by atoms with E-state index < -0.39 is 0 Å². The molecule has 172 valence electrons. The van der Waals surface area contributed by atoms with Crippen LogP contribution in [-0.2, 0) is 0 Å². The summed E-state index contributed by atoms with van der Waals surface area (Å²) in [7, 11) is 0. The van der Waals surface area contributed by atoms with Crippen LogP contribution in [0.1, 0.15) is 41.6 Å². The van der Waals surface area contributed by atoms with Crippen LogP contribution in [0.2, 0.25) is 0 Å². The number of aromatic nitrogens is 2. The summed E-state index contributed by atoms with van der Waals surface area (Å²) in [5.41, 5.74) is 0.228. The number of nitrogens with one attached hydrogen (secondary N) is 1. The molecule has 10 heteroatoms. The fraction of sp³-hybridized carbons (Fsp3) is 0.455. The minimum atomic E-state index is -0.370. The molecule has 1 N–H and O–H groups in total. The Morgan fingerprint density at radius 3 is 1.88 bits per heavy atom. The molecule has 0 saturated carbocycles. The van der Waals surface area contributed by atoms with Crippen LogP contribution < -0.4 is 19.8 Å². The first kappa shape index (κ1) is 23.1. The molecule has 0 aliphatic carbocycles. The van der Waals surface area contributed by atoms with Crippen LogP contribution in [-0.4, -0.2) is 77.8 Å². The minimum Gasteiger partial charge on any atom is -0.490 e. The number of hydrogen-bond acceptors (Lipinski definition) is 7. The monoisotopic (exact) mass is 444 g/mol. The first-order valence-corrected chi connectivity index (χ1v) is 10.7. The Bertz CT molecular complexity index is 966. The van der Waals surface area contributed by atoms with Crippen molar-refractivity contribution in [1.82, 2.24) is 20.0 Å². The largest absolute Gasteiger partial charge is 0.490 e. The van der Waals surface area contributed by atoms with Crippen molar-refractivity contribution in [2.75, 3.05) is 46.0 Å². The Hall–Kier alpha value is -3.56. The van der Waals surface area contributed by atoms with E-state index in [-0.39, 0.29) is 23.1 Å². The van der Waals surface area contributed by atoms with Crippen LogP contribution in [0.4, 0.5) is 0 Å². The summed E-state index contributed by atoms with van der Waals surface area (Å²) in [6.45, 7) is 8.32. The fourth-order valence-electron chi connectivity index (χ4n) is 3.43. The number of amides is 2. The van der Waals surface area contributed by atoms with Gasteiger partial charge in [-0.1, -0.05) is 0 Å². The van der Waals surface area contributed by atoms with Crippen molar-refractivity contribution in [1.29, 1.82) is 0 Å². The molecule has 2 amide bonds. The number of carbonyl (C=O) groups excluding carboxylic acids is 2. The van der Waals surface area contributed by atoms with E-state index in [1.54, 1.807) is 21.9 Å². The van der Waals surface area contributed by atoms with Crippen molar-refractivity contribution < 1.29 is 23.8 Å². The van der Waals surface area contributed by atoms with E-state index in [0.717, 1.165) is 0 Å². The molecule has 0 spiro atoms. The Morgan fingerprint density at radius 2 is 1.41 bits per heavy atom. The van der Waals surface area contributed by atoms with Gasteiger partial charge in [0.05, 0.1) is 19.8 Å². The molecule has 0 radical (unpaired) electrons. The van der Waals surface area contributed by atoms with Crippen molar-refractivity contribution in [3.63, 3.8) is 0 Å². The minimum absolute atomic E-state index is 0.165. The smallest absolute Gasteiger partial charge is 0.274 e. The molecular formula is C22H28N4O6. The third kappa shape index (κ3) is 5.19. The van der Waals surface area contributed by atoms with E-state index in [9.17, 15) is 14.4 Å². The first-order chi connectivity index (χ1) is 15.5. The second kappa shape index (κ2) is 10.7. The van der Waals surface area contributed by atoms with Crippen molar-refractivity contribution in [3.8, 4) is 17.2 Å². The highest BCUT2D eigenvalue weighted by Crippen LogP contribution is 2.39. The number of ether oxygens (including phenoxy) is 3. The topological polar surface area (TPSA) is 114 Å². The molecule has 2 heterocycles. The molecule has 0 unspecified atom stereocenters. The maximum Gasteiger partial charge on any atom is 0.274 e. The Balaban J connectivity index is 1.74. The molecule has 3 rings (SSSR count). The van der Waals surface area contributed by atoms with Crippen molar-refractivity contribution >= 4 is 11.8 Å². The van der Waals surface area contributed by atoms with Gasteiger partial charge in [0.2, 0.25) is 5.75 Å². The molecule has 0 bridgehead atoms. The highest BCUT2D eigenvalue weighted by molar-refractivity contribution is 5.96. The second-order valence-electron chi connectivity index (χ2n) is 6.99. The predicted molar refractivity (Wildman–Crippen MR) is 117 cm³/mol. The zero-order valence-electron chi connectivity index (χ0n) is 18.6. The van der Waals surface area contributed by atoms with Crippen molar-refractivity contribution in [3.05, 3.63) is 45.9 Å². The van der Waals surface area contributed by atoms with Crippen LogP contribution in [0.25, 0.3) is 0 Å². The zero-order chi connectivity index (χ0) is 23.1. The highest BCUT2D eigenvalue weighted by Gasteiger charge is 2.28. The maximum absolute atomic E-state index is 13.2. The standard InChI is InChI=1S/C22H28N4O6/c1-4-30-17-13-15(14-18(31-5-2)20(17)32-6-3)21(28)25-9-11-26(12-10-25)22(29)16-7-8-19(27)24-23-16/h7-8,13-14H,4-6,9-12H2,1-3H3,(H,24,27). The summed E-state index contributed by atoms with van der Waals surface area (Å²) in [6, 6.07) is 5.99. The molecule has 1 fully saturated rings. The van der Waals surface area contributed by atoms with Crippen LogP contribution in [0.3, 0.4) is 0 Å². The van der Waals surface area contributed by atoms with E-state index in [2.05, 4.69) is 10.2 Å². The molecule has 1 aromatic carbocycles. The van der Waals surface area contributed by atoms with Gasteiger partial charge in [0.1, 0.15) is 5.69 Å². The highest BCUT2D eigenvalue weighted by atomic mass is 16.5. The molecule has 0 atom stereocenters. The van der Waals surface area contributed by atoms with Crippen LogP contribution in [0, 0.1) is 0 Å². The molecule has 1 saturated heterocycles. The van der Waals surface area contributed by atoms with Gasteiger partial charge in [-0.2, -0.15) is 5.10 Å². The summed E-state index contributed by atoms with van der Waals surface area (Å²) >= 11 is 0. The predicted octanol–water partition coefficient (Wildman–Crippen LogP) is 1.56. The zero-order valence-corrected chi connectivity index (χ0v) is 18.6. The molecule has 1 aromatic heterocycles. The van der Waals surface area contributed by atoms with Crippen molar-refractivity contribution in [2.45, 2.75) is 20.8 Å². The molecule has 2 aromatic rings. The second-order valence-corrected chi connectivity index (χ2v) is 6.99. The molecule has 1 aliphatic heterocycles. The normalized spacial score (nSPS) is 13.6. The number of carbonyl (C=O) groups is 2. The average molecular weight is 444 g/mol. The lowest BCUT2D eigenvalue weighted by atomic mass is 10.1. The van der Waals surface area contributed by atoms with Gasteiger partial charge in [-0.25, -0.2) is 5.10 Å². The lowest BCUT2D eigenvalue weighted by molar-refractivity contribution is 0.0531. The Kier molecular flexibility index (Phi) is 7.69. The maximum atomic E-state index is 13.2. The quantitative estimate of drug-likeness (QED) is 0.657. The van der Waals surface area contributed by atoms with E-state index in [1.807, 2.05) is 20.8 Å². The van der Waals surface area contributed by atoms with Crippen LogP contribution in [0.5, 0.6) is 17.2 Å². The van der Waals surface area contributed by atoms with Gasteiger partial charge in [-0.15, -0.1) is 0 Å². The van der Waals surface area contributed by atoms with E-state index in [1.165, 1.54) is 12.1 Å². The van der Waals surface area contributed by atoms with Gasteiger partial charge in [0.25, 0.3) is 17.4 Å². The average Bonchev–Trinajstić information content (AvgIpc) is 2.81. The molecular weight excluding hydrogens is 416 g/mol. The molecule has 10 nitrogen and oxygen atoms in total. The Morgan fingerprint density at radius 1 is 0.875 bits per heavy atom. The number of piperazine rings is 1. The van der Waals surface area contributed by atoms with E-state index in [0.29, 0.717) is 68.8 Å². The van der Waals surface area contributed by atoms with Gasteiger partial charge in [0, 0.05) is 37.8 Å². The lowest BCUT2D eigenvalue weighted by Gasteiger charge is -2.34. The van der Waals surface area contributed by atoms with E-state index >= 15 is 0 Å². The van der Waals surface area contributed by atoms with Gasteiger partial charge in [-0.3, -0.25) is 14.4 Å². The third-order valence-electron chi connectivity index (χ3n) is 4.91. The van der Waals surface area contributed by atoms with Gasteiger partial charge in [0.15, 0.2) is 11.5 Å². The SMILES string of the molecule is CCOc1cc(C(=O)N2CCN(C(=O)c3ccc(=O)[nH]n3)CC2)cc(OCC)c1OCC. The Labute approximate surface area is 186 Å². The number of H-pyrrole nitrogens is 1. The number of rotatable bonds is 8.